The molecule has 688 valence electrons. The van der Waals surface area contributed by atoms with Crippen molar-refractivity contribution < 1.29 is 67.4 Å². The highest BCUT2D eigenvalue weighted by atomic mass is 16.4. The van der Waals surface area contributed by atoms with Gasteiger partial charge in [-0.25, -0.2) is 4.79 Å². The lowest BCUT2D eigenvalue weighted by Gasteiger charge is -2.34. The van der Waals surface area contributed by atoms with Crippen LogP contribution in [-0.4, -0.2) is 246 Å². The molecule has 12 amide bonds. The quantitative estimate of drug-likeness (QED) is 0.0232. The van der Waals surface area contributed by atoms with Gasteiger partial charge in [0.2, 0.25) is 70.9 Å². The van der Waals surface area contributed by atoms with Crippen LogP contribution in [-0.2, 0) is 88.0 Å². The van der Waals surface area contributed by atoms with Crippen LogP contribution in [0.5, 0.6) is 0 Å². The number of likely N-dealkylation sites (tertiary alicyclic amines) is 4. The van der Waals surface area contributed by atoms with E-state index >= 15 is 33.6 Å². The maximum Gasteiger partial charge on any atom is 0.326 e. The fourth-order valence-corrected chi connectivity index (χ4v) is 18.5. The minimum absolute atomic E-state index is 0.0420. The molecule has 0 saturated carbocycles. The zero-order valence-electron chi connectivity index (χ0n) is 73.8. The maximum atomic E-state index is 16.1. The number of nitrogens with zero attached hydrogens (tertiary/aromatic N) is 4. The zero-order chi connectivity index (χ0) is 91.2. The topological polar surface area (TPSA) is 519 Å². The molecule has 34 nitrogen and oxygen atoms in total. The summed E-state index contributed by atoms with van der Waals surface area (Å²) >= 11 is 0. The number of aliphatic carboxylic acids is 1. The Morgan fingerprint density at radius 1 is 0.375 bits per heavy atom. The molecule has 8 aromatic rings. The molecule has 0 bridgehead atoms. The number of carbonyl (C=O) groups is 13. The first-order chi connectivity index (χ1) is 61.8. The van der Waals surface area contributed by atoms with E-state index in [9.17, 15) is 33.9 Å². The Labute approximate surface area is 744 Å². The standard InChI is InChI=1S/C94H128N20O14/c1-5-56(4)81(98)89(122)107-72(46-55(2)3)84(117)104-69(32-14-17-39-95)82(115)103-70(33-15-18-40-96)83(116)108-74(48-58-52-100-66-29-11-7-25-62(58)66)90(123)111-42-20-35-77(111)87(120)106-73(47-57-51-99-65-28-10-6-24-61(57)65)85(118)109-75(49-59-53-101-67-30-12-8-26-63(59)67)91(124)112-43-21-36-78(112)88(121)110-76(50-60-54-102-68-31-13-9-27-64(60)68)92(125)114-45-23-38-80(114)93(126)113-44-22-37-79(113)86(119)105-71(94(127)128)34-16-19-41-97/h6-13,24-31,51-56,69-81,99-102H,5,14-23,32-50,95-98H2,1-4H3,(H,103,115)(H,104,117)(H,105,119)(H,106,120)(H,107,122)(H,108,116)(H,109,118)(H,110,121)(H,127,128)/t56-,69-,70-,71-,72-,73-,74-,75-,76-,77-,78-,79-,80-,81-/m0/s1. The summed E-state index contributed by atoms with van der Waals surface area (Å²) in [6.45, 7) is 8.91. The van der Waals surface area contributed by atoms with Crippen molar-refractivity contribution in [3.63, 3.8) is 0 Å². The van der Waals surface area contributed by atoms with Crippen LogP contribution in [0.2, 0.25) is 0 Å². The molecule has 4 saturated heterocycles. The molecule has 34 heteroatoms. The van der Waals surface area contributed by atoms with E-state index in [-0.39, 0.29) is 122 Å². The second-order valence-electron chi connectivity index (χ2n) is 35.2. The second kappa shape index (κ2) is 45.1. The van der Waals surface area contributed by atoms with Crippen LogP contribution in [0.4, 0.5) is 0 Å². The van der Waals surface area contributed by atoms with Crippen molar-refractivity contribution in [1.82, 2.24) is 82.1 Å². The van der Waals surface area contributed by atoms with Crippen molar-refractivity contribution in [2.45, 2.75) is 254 Å². The minimum Gasteiger partial charge on any atom is -0.480 e. The van der Waals surface area contributed by atoms with Crippen LogP contribution in [0.25, 0.3) is 43.6 Å². The van der Waals surface area contributed by atoms with Crippen LogP contribution in [0.1, 0.15) is 172 Å². The molecule has 128 heavy (non-hydrogen) atoms. The fraction of sp³-hybridized carbons (Fsp3) is 0.521. The van der Waals surface area contributed by atoms with E-state index < -0.39 is 155 Å². The molecule has 8 heterocycles. The van der Waals surface area contributed by atoms with Gasteiger partial charge < -0.3 is 110 Å². The van der Waals surface area contributed by atoms with Crippen molar-refractivity contribution in [2.24, 2.45) is 34.8 Å². The van der Waals surface area contributed by atoms with Gasteiger partial charge in [-0.1, -0.05) is 107 Å². The normalized spacial score (nSPS) is 18.8. The number of aromatic amines is 4. The van der Waals surface area contributed by atoms with E-state index in [1.165, 1.54) is 19.6 Å². The molecule has 0 radical (unpaired) electrons. The van der Waals surface area contributed by atoms with Crippen LogP contribution in [0.15, 0.2) is 122 Å². The third-order valence-corrected chi connectivity index (χ3v) is 25.8. The molecule has 0 unspecified atom stereocenters. The number of para-hydroxylation sites is 4. The summed E-state index contributed by atoms with van der Waals surface area (Å²) in [5, 5.41) is 36.5. The Kier molecular flexibility index (Phi) is 33.5. The van der Waals surface area contributed by atoms with Crippen molar-refractivity contribution in [2.75, 3.05) is 45.8 Å². The number of rotatable bonds is 45. The Hall–Kier alpha value is -12.0. The molecule has 4 fully saturated rings. The number of unbranched alkanes of at least 4 members (excludes halogenated alkanes) is 3. The summed E-state index contributed by atoms with van der Waals surface area (Å²) in [6.07, 6.45) is 12.9. The molecule has 4 aromatic heterocycles. The van der Waals surface area contributed by atoms with Crippen LogP contribution >= 0.6 is 0 Å². The Morgan fingerprint density at radius 2 is 0.672 bits per heavy atom. The monoisotopic (exact) mass is 1760 g/mol. The summed E-state index contributed by atoms with van der Waals surface area (Å²) < 4.78 is 0. The largest absolute Gasteiger partial charge is 0.480 e. The average Bonchev–Trinajstić information content (AvgIpc) is 1.62. The highest BCUT2D eigenvalue weighted by Gasteiger charge is 2.48. The summed E-state index contributed by atoms with van der Waals surface area (Å²) in [6, 6.07) is 14.2. The SMILES string of the molecule is CC[C@H](C)[C@H](N)C(=O)N[C@@H](CC(C)C)C(=O)N[C@@H](CCCCN)C(=O)N[C@@H](CCCCN)C(=O)N[C@@H](Cc1c[nH]c2ccccc12)C(=O)N1CCC[C@H]1C(=O)N[C@@H](Cc1c[nH]c2ccccc12)C(=O)N[C@@H](Cc1c[nH]c2ccccc12)C(=O)N1CCC[C@H]1C(=O)N[C@@H](Cc1c[nH]c2ccccc12)C(=O)N1CCC[C@H]1C(=O)N1CCC[C@H]1C(=O)N[C@@H](CCCCN)C(=O)O. The van der Waals surface area contributed by atoms with Gasteiger partial charge in [0, 0.05) is 120 Å². The predicted molar refractivity (Wildman–Crippen MR) is 486 cm³/mol. The molecular formula is C94H128N20O14. The molecule has 12 rings (SSSR count). The van der Waals surface area contributed by atoms with Crippen LogP contribution < -0.4 is 65.5 Å². The Morgan fingerprint density at radius 3 is 1.05 bits per heavy atom. The van der Waals surface area contributed by atoms with E-state index in [1.807, 2.05) is 125 Å². The number of nitrogens with one attached hydrogen (secondary N) is 12. The van der Waals surface area contributed by atoms with E-state index in [4.69, 9.17) is 22.9 Å². The van der Waals surface area contributed by atoms with Gasteiger partial charge in [-0.05, 0) is 194 Å². The minimum atomic E-state index is -1.45. The molecule has 0 spiro atoms. The first-order valence-electron chi connectivity index (χ1n) is 45.7. The lowest BCUT2D eigenvalue weighted by molar-refractivity contribution is -0.149. The van der Waals surface area contributed by atoms with Crippen molar-refractivity contribution in [3.05, 3.63) is 144 Å². The summed E-state index contributed by atoms with van der Waals surface area (Å²) in [5.74, 6) is -9.10. The molecule has 4 aromatic carbocycles. The van der Waals surface area contributed by atoms with Crippen molar-refractivity contribution >= 4 is 120 Å². The molecule has 21 N–H and O–H groups in total. The Bertz CT molecular complexity index is 5230. The smallest absolute Gasteiger partial charge is 0.326 e. The number of hydrogen-bond donors (Lipinski definition) is 17. The average molecular weight is 1760 g/mol. The van der Waals surface area contributed by atoms with E-state index in [0.717, 1.165) is 43.6 Å². The number of nitrogens with two attached hydrogens (primary N) is 4. The van der Waals surface area contributed by atoms with Crippen LogP contribution in [0.3, 0.4) is 0 Å². The summed E-state index contributed by atoms with van der Waals surface area (Å²) in [7, 11) is 0. The van der Waals surface area contributed by atoms with Gasteiger partial charge in [0.1, 0.15) is 72.5 Å². The van der Waals surface area contributed by atoms with E-state index in [0.29, 0.717) is 106 Å². The van der Waals surface area contributed by atoms with Gasteiger partial charge in [-0.15, -0.1) is 0 Å². The number of hydrogen-bond acceptors (Lipinski definition) is 17. The van der Waals surface area contributed by atoms with Crippen molar-refractivity contribution in [3.8, 4) is 0 Å². The Balaban J connectivity index is 0.808. The number of carboxylic acids is 1. The van der Waals surface area contributed by atoms with E-state index in [2.05, 4.69) is 62.5 Å². The van der Waals surface area contributed by atoms with E-state index in [1.54, 1.807) is 24.8 Å². The maximum absolute atomic E-state index is 16.1. The fourth-order valence-electron chi connectivity index (χ4n) is 18.5. The first kappa shape index (κ1) is 95.1. The molecular weight excluding hydrogens is 1630 g/mol. The van der Waals surface area contributed by atoms with Gasteiger partial charge >= 0.3 is 5.97 Å². The number of amides is 12. The third kappa shape index (κ3) is 23.5. The predicted octanol–water partition coefficient (Wildman–Crippen LogP) is 4.62. The second-order valence-corrected chi connectivity index (χ2v) is 35.2. The first-order valence-corrected chi connectivity index (χ1v) is 45.7. The highest BCUT2D eigenvalue weighted by molar-refractivity contribution is 6.02. The van der Waals surface area contributed by atoms with Crippen LogP contribution in [0, 0.1) is 11.8 Å². The lowest BCUT2D eigenvalue weighted by Crippen LogP contribution is -2.61. The van der Waals surface area contributed by atoms with Gasteiger partial charge in [-0.3, -0.25) is 57.5 Å². The number of carboxylic acid groups (broad SMARTS) is 1. The highest BCUT2D eigenvalue weighted by Crippen LogP contribution is 2.32. The summed E-state index contributed by atoms with van der Waals surface area (Å²) in [4.78, 5) is 213. The number of benzene rings is 4. The van der Waals surface area contributed by atoms with Gasteiger partial charge in [0.15, 0.2) is 0 Å². The molecule has 0 aliphatic carbocycles. The van der Waals surface area contributed by atoms with Crippen molar-refractivity contribution in [1.29, 1.82) is 0 Å². The van der Waals surface area contributed by atoms with Gasteiger partial charge in [-0.2, -0.15) is 0 Å². The van der Waals surface area contributed by atoms with Gasteiger partial charge in [0.05, 0.1) is 6.04 Å². The summed E-state index contributed by atoms with van der Waals surface area (Å²) in [5.41, 5.74) is 29.6. The van der Waals surface area contributed by atoms with Gasteiger partial charge in [0.25, 0.3) is 0 Å². The number of fused-ring (bicyclic) bond motifs is 4. The molecule has 4 aliphatic rings. The zero-order valence-corrected chi connectivity index (χ0v) is 73.8. The third-order valence-electron chi connectivity index (χ3n) is 25.8. The number of aromatic nitrogens is 4. The lowest BCUT2D eigenvalue weighted by atomic mass is 9.97. The molecule has 4 aliphatic heterocycles. The number of carbonyl (C=O) groups excluding carboxylic acids is 12. The molecule has 14 atom stereocenters. The number of H-pyrrole nitrogens is 4.